The molecule has 3 aromatic rings. The molecule has 0 saturated heterocycles. The predicted octanol–water partition coefficient (Wildman–Crippen LogP) is 4.58. The molecule has 3 amide bonds. The first kappa shape index (κ1) is 24.4. The van der Waals surface area contributed by atoms with Crippen molar-refractivity contribution in [3.63, 3.8) is 0 Å². The van der Waals surface area contributed by atoms with E-state index >= 15 is 0 Å². The van der Waals surface area contributed by atoms with E-state index in [-0.39, 0.29) is 21.9 Å². The molecule has 2 aromatic carbocycles. The highest BCUT2D eigenvalue weighted by Gasteiger charge is 2.28. The van der Waals surface area contributed by atoms with Crippen LogP contribution in [0.5, 0.6) is 0 Å². The molecule has 180 valence electrons. The molecule has 1 aliphatic rings. The summed E-state index contributed by atoms with van der Waals surface area (Å²) in [5.74, 6) is -2.23. The molecule has 0 fully saturated rings. The summed E-state index contributed by atoms with van der Waals surface area (Å²) in [6, 6.07) is 9.89. The van der Waals surface area contributed by atoms with Gasteiger partial charge in [-0.3, -0.25) is 25.2 Å². The maximum Gasteiger partial charge on any atom is 0.305 e. The molecule has 1 aliphatic carbocycles. The fourth-order valence-electron chi connectivity index (χ4n) is 3.73. The van der Waals surface area contributed by atoms with Crippen LogP contribution in [0.25, 0.3) is 0 Å². The standard InChI is InChI=1S/C24H19Cl2FN4O4/c1-12-20-18(28-29-22(32)14-10-9-13(25)11-16(14)26)7-4-8-19(20)35-21(12)24(34)31-30-23(33)15-5-2-3-6-17(15)27/h2-3,5-6,9-11H,4,7-8H2,1H3,(H,29,32)(H,30,33)(H,31,34)/b28-18+. The molecule has 11 heteroatoms. The van der Waals surface area contributed by atoms with E-state index in [1.54, 1.807) is 13.0 Å². The molecule has 3 N–H and O–H groups in total. The maximum absolute atomic E-state index is 13.8. The van der Waals surface area contributed by atoms with Gasteiger partial charge in [-0.2, -0.15) is 5.10 Å². The molecule has 1 aromatic heterocycles. The number of hydrogen-bond donors (Lipinski definition) is 3. The van der Waals surface area contributed by atoms with Crippen molar-refractivity contribution in [1.29, 1.82) is 0 Å². The Morgan fingerprint density at radius 1 is 0.971 bits per heavy atom. The quantitative estimate of drug-likeness (QED) is 0.440. The van der Waals surface area contributed by atoms with E-state index in [4.69, 9.17) is 27.6 Å². The largest absolute Gasteiger partial charge is 0.455 e. The number of nitrogens with one attached hydrogen (secondary N) is 3. The highest BCUT2D eigenvalue weighted by molar-refractivity contribution is 6.36. The number of benzene rings is 2. The fraction of sp³-hybridized carbons (Fsp3) is 0.167. The van der Waals surface area contributed by atoms with E-state index in [1.165, 1.54) is 30.3 Å². The Kier molecular flexibility index (Phi) is 7.18. The van der Waals surface area contributed by atoms with Gasteiger partial charge in [0.15, 0.2) is 5.76 Å². The van der Waals surface area contributed by atoms with E-state index in [2.05, 4.69) is 21.4 Å². The smallest absolute Gasteiger partial charge is 0.305 e. The summed E-state index contributed by atoms with van der Waals surface area (Å²) in [4.78, 5) is 37.4. The molecule has 0 radical (unpaired) electrons. The van der Waals surface area contributed by atoms with Gasteiger partial charge in [-0.25, -0.2) is 9.82 Å². The van der Waals surface area contributed by atoms with Crippen LogP contribution in [0.2, 0.25) is 10.0 Å². The molecule has 35 heavy (non-hydrogen) atoms. The number of carbonyl (C=O) groups is 3. The van der Waals surface area contributed by atoms with Crippen molar-refractivity contribution in [1.82, 2.24) is 16.3 Å². The van der Waals surface area contributed by atoms with Crippen molar-refractivity contribution >= 4 is 46.6 Å². The highest BCUT2D eigenvalue weighted by Crippen LogP contribution is 2.30. The first-order valence-corrected chi connectivity index (χ1v) is 11.3. The Bertz CT molecular complexity index is 1370. The molecular formula is C24H19Cl2FN4O4. The average Bonchev–Trinajstić information content (AvgIpc) is 3.18. The summed E-state index contributed by atoms with van der Waals surface area (Å²) in [5.41, 5.74) is 8.55. The SMILES string of the molecule is Cc1c(C(=O)NNC(=O)c2ccccc2F)oc2c1/C(=N/NC(=O)c1ccc(Cl)cc1Cl)CCC2. The fourth-order valence-corrected chi connectivity index (χ4v) is 4.23. The van der Waals surface area contributed by atoms with Crippen LogP contribution in [-0.4, -0.2) is 23.4 Å². The topological polar surface area (TPSA) is 113 Å². The van der Waals surface area contributed by atoms with E-state index in [9.17, 15) is 18.8 Å². The van der Waals surface area contributed by atoms with Crippen molar-refractivity contribution in [2.75, 3.05) is 0 Å². The number of amides is 3. The third-order valence-corrected chi connectivity index (χ3v) is 5.96. The highest BCUT2D eigenvalue weighted by atomic mass is 35.5. The van der Waals surface area contributed by atoms with Crippen LogP contribution in [0.1, 0.15) is 61.0 Å². The van der Waals surface area contributed by atoms with Gasteiger partial charge >= 0.3 is 5.91 Å². The Morgan fingerprint density at radius 3 is 2.46 bits per heavy atom. The van der Waals surface area contributed by atoms with Crippen LogP contribution >= 0.6 is 23.2 Å². The maximum atomic E-state index is 13.8. The van der Waals surface area contributed by atoms with E-state index in [1.807, 2.05) is 0 Å². The summed E-state index contributed by atoms with van der Waals surface area (Å²) in [7, 11) is 0. The summed E-state index contributed by atoms with van der Waals surface area (Å²) in [6.45, 7) is 1.68. The van der Waals surface area contributed by atoms with Crippen LogP contribution in [0.4, 0.5) is 4.39 Å². The van der Waals surface area contributed by atoms with Crippen molar-refractivity contribution in [2.24, 2.45) is 5.10 Å². The first-order chi connectivity index (χ1) is 16.8. The number of furan rings is 1. The van der Waals surface area contributed by atoms with Gasteiger partial charge in [-0.15, -0.1) is 0 Å². The van der Waals surface area contributed by atoms with Crippen molar-refractivity contribution in [2.45, 2.75) is 26.2 Å². The van der Waals surface area contributed by atoms with Gasteiger partial charge in [0.05, 0.1) is 21.9 Å². The molecule has 1 heterocycles. The number of rotatable bonds is 4. The van der Waals surface area contributed by atoms with Crippen LogP contribution in [0.3, 0.4) is 0 Å². The second-order valence-corrected chi connectivity index (χ2v) is 8.56. The lowest BCUT2D eigenvalue weighted by Crippen LogP contribution is -2.42. The Hall–Kier alpha value is -3.69. The van der Waals surface area contributed by atoms with Crippen LogP contribution in [-0.2, 0) is 6.42 Å². The zero-order valence-electron chi connectivity index (χ0n) is 18.4. The lowest BCUT2D eigenvalue weighted by atomic mass is 9.93. The first-order valence-electron chi connectivity index (χ1n) is 10.6. The van der Waals surface area contributed by atoms with Crippen LogP contribution in [0.15, 0.2) is 52.0 Å². The van der Waals surface area contributed by atoms with Gasteiger partial charge in [0.1, 0.15) is 11.6 Å². The van der Waals surface area contributed by atoms with E-state index < -0.39 is 23.5 Å². The second-order valence-electron chi connectivity index (χ2n) is 7.72. The average molecular weight is 517 g/mol. The normalized spacial score (nSPS) is 13.8. The summed E-state index contributed by atoms with van der Waals surface area (Å²) in [5, 5.41) is 4.84. The lowest BCUT2D eigenvalue weighted by Gasteiger charge is -2.13. The van der Waals surface area contributed by atoms with Crippen LogP contribution in [0, 0.1) is 12.7 Å². The molecule has 0 aliphatic heterocycles. The molecule has 4 rings (SSSR count). The Morgan fingerprint density at radius 2 is 1.71 bits per heavy atom. The van der Waals surface area contributed by atoms with Gasteiger partial charge in [0.2, 0.25) is 0 Å². The molecule has 0 spiro atoms. The monoisotopic (exact) mass is 516 g/mol. The summed E-state index contributed by atoms with van der Waals surface area (Å²) >= 11 is 12.0. The van der Waals surface area contributed by atoms with E-state index in [0.29, 0.717) is 46.9 Å². The minimum Gasteiger partial charge on any atom is -0.455 e. The number of aryl methyl sites for hydroxylation is 1. The summed E-state index contributed by atoms with van der Waals surface area (Å²) in [6.07, 6.45) is 1.82. The zero-order chi connectivity index (χ0) is 25.1. The molecule has 0 unspecified atom stereocenters. The number of carbonyl (C=O) groups excluding carboxylic acids is 3. The third kappa shape index (κ3) is 5.21. The predicted molar refractivity (Wildman–Crippen MR) is 128 cm³/mol. The number of hydrazine groups is 1. The lowest BCUT2D eigenvalue weighted by molar-refractivity contribution is 0.0827. The Labute approximate surface area is 209 Å². The number of hydrogen-bond acceptors (Lipinski definition) is 5. The summed E-state index contributed by atoms with van der Waals surface area (Å²) < 4.78 is 19.5. The molecule has 0 bridgehead atoms. The van der Waals surface area contributed by atoms with Crippen molar-refractivity contribution in [3.05, 3.63) is 92.1 Å². The Balaban J connectivity index is 1.50. The number of nitrogens with zero attached hydrogens (tertiary/aromatic N) is 1. The third-order valence-electron chi connectivity index (χ3n) is 5.41. The van der Waals surface area contributed by atoms with Gasteiger partial charge in [-0.1, -0.05) is 35.3 Å². The van der Waals surface area contributed by atoms with Crippen LogP contribution < -0.4 is 16.3 Å². The minimum atomic E-state index is -0.809. The molecule has 8 nitrogen and oxygen atoms in total. The zero-order valence-corrected chi connectivity index (χ0v) is 19.9. The van der Waals surface area contributed by atoms with Gasteiger partial charge in [-0.05, 0) is 50.1 Å². The van der Waals surface area contributed by atoms with Crippen molar-refractivity contribution < 1.29 is 23.2 Å². The molecular weight excluding hydrogens is 498 g/mol. The van der Waals surface area contributed by atoms with Crippen molar-refractivity contribution in [3.8, 4) is 0 Å². The number of hydrazone groups is 1. The van der Waals surface area contributed by atoms with Gasteiger partial charge < -0.3 is 4.42 Å². The van der Waals surface area contributed by atoms with Gasteiger partial charge in [0, 0.05) is 22.6 Å². The second kappa shape index (κ2) is 10.3. The number of fused-ring (bicyclic) bond motifs is 1. The molecule has 0 atom stereocenters. The molecule has 0 saturated carbocycles. The van der Waals surface area contributed by atoms with E-state index in [0.717, 1.165) is 6.07 Å². The number of halogens is 3. The minimum absolute atomic E-state index is 0.0227. The van der Waals surface area contributed by atoms with Gasteiger partial charge in [0.25, 0.3) is 11.8 Å².